The van der Waals surface area contributed by atoms with E-state index in [1.807, 2.05) is 0 Å². The van der Waals surface area contributed by atoms with Crippen molar-refractivity contribution in [3.63, 3.8) is 0 Å². The lowest BCUT2D eigenvalue weighted by molar-refractivity contribution is -0.137. The van der Waals surface area contributed by atoms with E-state index in [0.717, 1.165) is 4.90 Å². The van der Waals surface area contributed by atoms with Crippen molar-refractivity contribution in [2.45, 2.75) is 12.3 Å². The number of nitrogens with one attached hydrogen (secondary N) is 3. The number of carbonyl (C=O) groups is 3. The van der Waals surface area contributed by atoms with Crippen LogP contribution >= 0.6 is 0 Å². The third-order valence-electron chi connectivity index (χ3n) is 2.06. The second-order valence-corrected chi connectivity index (χ2v) is 3.01. The van der Waals surface area contributed by atoms with Gasteiger partial charge in [-0.15, -0.1) is 0 Å². The molecule has 2 fully saturated rings. The fraction of sp³-hybridized carbons (Fsp3) is 0.500. The smallest absolute Gasteiger partial charge is 0.323 e. The largest absolute Gasteiger partial charge is 0.480 e. The molecule has 8 nitrogen and oxygen atoms in total. The molecule has 2 atom stereocenters. The summed E-state index contributed by atoms with van der Waals surface area (Å²) >= 11 is 0. The number of carbonyl (C=O) groups excluding carboxylic acids is 2. The van der Waals surface area contributed by atoms with Gasteiger partial charge in [0.2, 0.25) is 0 Å². The first kappa shape index (κ1) is 8.60. The number of hydrogen-bond donors (Lipinski definition) is 4. The first-order valence-corrected chi connectivity index (χ1v) is 3.94. The highest BCUT2D eigenvalue weighted by Gasteiger charge is 2.45. The molecule has 0 aromatic heterocycles. The van der Waals surface area contributed by atoms with E-state index >= 15 is 0 Å². The van der Waals surface area contributed by atoms with Crippen LogP contribution in [0.1, 0.15) is 0 Å². The molecule has 0 bridgehead atoms. The maximum atomic E-state index is 11.2. The molecule has 2 saturated heterocycles. The fourth-order valence-corrected chi connectivity index (χ4v) is 1.51. The molecule has 0 aromatic rings. The van der Waals surface area contributed by atoms with Crippen LogP contribution in [0.4, 0.5) is 9.59 Å². The summed E-state index contributed by atoms with van der Waals surface area (Å²) in [5, 5.41) is 15.8. The van der Waals surface area contributed by atoms with Crippen molar-refractivity contribution in [1.29, 1.82) is 0 Å². The van der Waals surface area contributed by atoms with E-state index in [2.05, 4.69) is 16.0 Å². The second kappa shape index (κ2) is 2.76. The molecule has 0 aromatic carbocycles. The van der Waals surface area contributed by atoms with E-state index in [-0.39, 0.29) is 0 Å². The maximum Gasteiger partial charge on any atom is 0.323 e. The average Bonchev–Trinajstić information content (AvgIpc) is 2.51. The van der Waals surface area contributed by atoms with Crippen molar-refractivity contribution in [2.24, 2.45) is 0 Å². The number of urea groups is 2. The first-order chi connectivity index (χ1) is 6.58. The molecular weight excluding hydrogens is 192 g/mol. The number of rotatable bonds is 2. The van der Waals surface area contributed by atoms with E-state index in [9.17, 15) is 14.4 Å². The normalized spacial score (nSPS) is 29.3. The summed E-state index contributed by atoms with van der Waals surface area (Å²) in [4.78, 5) is 33.5. The van der Waals surface area contributed by atoms with Gasteiger partial charge in [0, 0.05) is 0 Å². The SMILES string of the molecule is O=C(O)CN1C(=O)N[C@@H]2NC(=O)N[C@H]21. The summed E-state index contributed by atoms with van der Waals surface area (Å²) in [5.74, 6) is -1.12. The highest BCUT2D eigenvalue weighted by molar-refractivity contribution is 5.87. The summed E-state index contributed by atoms with van der Waals surface area (Å²) in [6, 6.07) is -0.926. The van der Waals surface area contributed by atoms with Gasteiger partial charge >= 0.3 is 18.0 Å². The molecule has 0 saturated carbocycles. The van der Waals surface area contributed by atoms with Gasteiger partial charge in [-0.2, -0.15) is 0 Å². The molecular formula is C6H8N4O4. The minimum atomic E-state index is -1.12. The Morgan fingerprint density at radius 3 is 2.71 bits per heavy atom. The summed E-state index contributed by atoms with van der Waals surface area (Å²) in [6.07, 6.45) is -1.17. The van der Waals surface area contributed by atoms with Crippen molar-refractivity contribution in [2.75, 3.05) is 6.54 Å². The number of hydrogen-bond acceptors (Lipinski definition) is 3. The van der Waals surface area contributed by atoms with Crippen molar-refractivity contribution in [3.8, 4) is 0 Å². The van der Waals surface area contributed by atoms with Gasteiger partial charge < -0.3 is 21.1 Å². The molecule has 2 aliphatic heterocycles. The molecule has 2 rings (SSSR count). The van der Waals surface area contributed by atoms with Gasteiger partial charge in [0.05, 0.1) is 0 Å². The quantitative estimate of drug-likeness (QED) is 0.415. The number of aliphatic carboxylic acids is 1. The Kier molecular flexibility index (Phi) is 1.69. The van der Waals surface area contributed by atoms with Crippen LogP contribution in [0.2, 0.25) is 0 Å². The highest BCUT2D eigenvalue weighted by Crippen LogP contribution is 2.12. The summed E-state index contributed by atoms with van der Waals surface area (Å²) in [6.45, 7) is -0.436. The van der Waals surface area contributed by atoms with Crippen molar-refractivity contribution < 1.29 is 19.5 Å². The van der Waals surface area contributed by atoms with Crippen LogP contribution < -0.4 is 16.0 Å². The topological polar surface area (TPSA) is 111 Å². The molecule has 2 aliphatic rings. The van der Waals surface area contributed by atoms with Crippen LogP contribution in [0.3, 0.4) is 0 Å². The third kappa shape index (κ3) is 1.20. The van der Waals surface area contributed by atoms with E-state index in [4.69, 9.17) is 5.11 Å². The fourth-order valence-electron chi connectivity index (χ4n) is 1.51. The Bertz CT molecular complexity index is 317. The standard InChI is InChI=1S/C6H8N4O4/c11-2(12)1-10-4-3(8-6(10)14)7-5(13)9-4/h3-4H,1H2,(H,8,14)(H,11,12)(H2,7,9,13)/t3-,4-/m0/s1. The Balaban J connectivity index is 2.12. The van der Waals surface area contributed by atoms with Gasteiger partial charge in [0.1, 0.15) is 18.9 Å². The lowest BCUT2D eigenvalue weighted by Crippen LogP contribution is -2.45. The lowest BCUT2D eigenvalue weighted by atomic mass is 10.4. The molecule has 0 spiro atoms. The Morgan fingerprint density at radius 1 is 1.36 bits per heavy atom. The van der Waals surface area contributed by atoms with Crippen molar-refractivity contribution in [3.05, 3.63) is 0 Å². The third-order valence-corrected chi connectivity index (χ3v) is 2.06. The van der Waals surface area contributed by atoms with Crippen LogP contribution in [-0.4, -0.2) is 46.9 Å². The number of nitrogens with zero attached hydrogens (tertiary/aromatic N) is 1. The highest BCUT2D eigenvalue weighted by atomic mass is 16.4. The van der Waals surface area contributed by atoms with E-state index in [0.29, 0.717) is 0 Å². The number of carboxylic acid groups (broad SMARTS) is 1. The number of carboxylic acids is 1. The molecule has 8 heteroatoms. The second-order valence-electron chi connectivity index (χ2n) is 3.01. The van der Waals surface area contributed by atoms with Crippen LogP contribution in [-0.2, 0) is 4.79 Å². The number of fused-ring (bicyclic) bond motifs is 1. The maximum absolute atomic E-state index is 11.2. The van der Waals surface area contributed by atoms with Gasteiger partial charge in [-0.05, 0) is 0 Å². The first-order valence-electron chi connectivity index (χ1n) is 3.94. The van der Waals surface area contributed by atoms with Crippen LogP contribution in [0.25, 0.3) is 0 Å². The zero-order chi connectivity index (χ0) is 10.3. The predicted molar refractivity (Wildman–Crippen MR) is 42.1 cm³/mol. The predicted octanol–water partition coefficient (Wildman–Crippen LogP) is -1.94. The Hall–Kier alpha value is -1.99. The van der Waals surface area contributed by atoms with Crippen molar-refractivity contribution in [1.82, 2.24) is 20.9 Å². The van der Waals surface area contributed by atoms with Gasteiger partial charge in [0.25, 0.3) is 0 Å². The van der Waals surface area contributed by atoms with Crippen LogP contribution in [0.5, 0.6) is 0 Å². The summed E-state index contributed by atoms with van der Waals surface area (Å²) < 4.78 is 0. The lowest BCUT2D eigenvalue weighted by Gasteiger charge is -2.18. The molecule has 0 radical (unpaired) electrons. The van der Waals surface area contributed by atoms with Gasteiger partial charge in [-0.1, -0.05) is 0 Å². The van der Waals surface area contributed by atoms with Crippen LogP contribution in [0.15, 0.2) is 0 Å². The Morgan fingerprint density at radius 2 is 2.07 bits per heavy atom. The number of amides is 4. The average molecular weight is 200 g/mol. The molecule has 0 aliphatic carbocycles. The molecule has 2 heterocycles. The van der Waals surface area contributed by atoms with Gasteiger partial charge in [0.15, 0.2) is 0 Å². The summed E-state index contributed by atoms with van der Waals surface area (Å²) in [5.41, 5.74) is 0. The van der Waals surface area contributed by atoms with E-state index in [1.165, 1.54) is 0 Å². The van der Waals surface area contributed by atoms with E-state index in [1.54, 1.807) is 0 Å². The molecule has 76 valence electrons. The Labute approximate surface area is 78.2 Å². The molecule has 0 unspecified atom stereocenters. The monoisotopic (exact) mass is 200 g/mol. The minimum absolute atomic E-state index is 0.421. The zero-order valence-corrected chi connectivity index (χ0v) is 6.98. The van der Waals surface area contributed by atoms with E-state index < -0.39 is 36.9 Å². The zero-order valence-electron chi connectivity index (χ0n) is 6.98. The van der Waals surface area contributed by atoms with Crippen LogP contribution in [0, 0.1) is 0 Å². The summed E-state index contributed by atoms with van der Waals surface area (Å²) in [7, 11) is 0. The van der Waals surface area contributed by atoms with Crippen molar-refractivity contribution >= 4 is 18.0 Å². The molecule has 4 amide bonds. The van der Waals surface area contributed by atoms with Gasteiger partial charge in [-0.25, -0.2) is 9.59 Å². The van der Waals surface area contributed by atoms with Gasteiger partial charge in [-0.3, -0.25) is 9.69 Å². The minimum Gasteiger partial charge on any atom is -0.480 e. The molecule has 4 N–H and O–H groups in total. The molecule has 14 heavy (non-hydrogen) atoms.